The SMILES string of the molecule is C=CC[C@@]1(C(=O)NCC2(O)CCCCC2)N=C(c2ccc(OCCCO)cc2)O[C@@H]1c1ccccc1Br. The number of nitrogens with zero attached hydrogens (tertiary/aromatic N) is 1. The molecule has 1 amide bonds. The van der Waals surface area contributed by atoms with Gasteiger partial charge < -0.3 is 25.0 Å². The molecule has 1 saturated carbocycles. The third-order valence-corrected chi connectivity index (χ3v) is 7.76. The number of aliphatic imine (C=N–C) groups is 1. The molecule has 1 heterocycles. The molecule has 2 atom stereocenters. The standard InChI is InChI=1S/C29H35BrN2O5/c1-2-15-29(27(34)31-20-28(35)16-6-3-7-17-28)25(23-9-4-5-10-24(23)30)37-26(32-29)21-11-13-22(14-12-21)36-19-8-18-33/h2,4-5,9-14,25,33,35H,1,3,6-8,15-20H2,(H,31,34)/t25-,29-/m1/s1. The van der Waals surface area contributed by atoms with Crippen LogP contribution in [0.4, 0.5) is 0 Å². The maximum atomic E-state index is 13.9. The van der Waals surface area contributed by atoms with Gasteiger partial charge in [0.05, 0.1) is 12.2 Å². The molecule has 2 aromatic carbocycles. The highest BCUT2D eigenvalue weighted by Crippen LogP contribution is 2.45. The van der Waals surface area contributed by atoms with Crippen molar-refractivity contribution in [3.63, 3.8) is 0 Å². The number of nitrogens with one attached hydrogen (secondary N) is 1. The molecule has 0 spiro atoms. The van der Waals surface area contributed by atoms with E-state index in [9.17, 15) is 9.90 Å². The van der Waals surface area contributed by atoms with Crippen molar-refractivity contribution in [2.75, 3.05) is 19.8 Å². The lowest BCUT2D eigenvalue weighted by molar-refractivity contribution is -0.130. The molecule has 1 aliphatic carbocycles. The summed E-state index contributed by atoms with van der Waals surface area (Å²) >= 11 is 3.62. The Morgan fingerprint density at radius 1 is 1.19 bits per heavy atom. The minimum absolute atomic E-state index is 0.0734. The Balaban J connectivity index is 1.65. The normalized spacial score (nSPS) is 22.6. The molecular formula is C29H35BrN2O5. The fourth-order valence-electron chi connectivity index (χ4n) is 4.98. The highest BCUT2D eigenvalue weighted by molar-refractivity contribution is 9.10. The van der Waals surface area contributed by atoms with Crippen LogP contribution >= 0.6 is 15.9 Å². The second kappa shape index (κ2) is 12.2. The van der Waals surface area contributed by atoms with E-state index in [2.05, 4.69) is 27.8 Å². The first-order chi connectivity index (χ1) is 17.9. The van der Waals surface area contributed by atoms with E-state index < -0.39 is 17.2 Å². The van der Waals surface area contributed by atoms with Crippen LogP contribution in [0.3, 0.4) is 0 Å². The van der Waals surface area contributed by atoms with Crippen molar-refractivity contribution in [1.82, 2.24) is 5.32 Å². The molecule has 1 aliphatic heterocycles. The number of hydrogen-bond donors (Lipinski definition) is 3. The Labute approximate surface area is 226 Å². The Morgan fingerprint density at radius 2 is 1.92 bits per heavy atom. The van der Waals surface area contributed by atoms with Gasteiger partial charge in [0.15, 0.2) is 11.6 Å². The fourth-order valence-corrected chi connectivity index (χ4v) is 5.48. The average molecular weight is 572 g/mol. The van der Waals surface area contributed by atoms with E-state index in [-0.39, 0.29) is 25.5 Å². The number of benzene rings is 2. The fraction of sp³-hybridized carbons (Fsp3) is 0.448. The van der Waals surface area contributed by atoms with Gasteiger partial charge in [-0.25, -0.2) is 4.99 Å². The average Bonchev–Trinajstić information content (AvgIpc) is 3.29. The van der Waals surface area contributed by atoms with Crippen LogP contribution in [0.1, 0.15) is 62.2 Å². The van der Waals surface area contributed by atoms with Crippen LogP contribution < -0.4 is 10.1 Å². The molecule has 2 aliphatic rings. The number of ether oxygens (including phenoxy) is 2. The molecule has 4 rings (SSSR count). The van der Waals surface area contributed by atoms with Crippen LogP contribution in [0.15, 0.2) is 70.7 Å². The van der Waals surface area contributed by atoms with E-state index in [1.807, 2.05) is 48.5 Å². The summed E-state index contributed by atoms with van der Waals surface area (Å²) in [6.45, 7) is 4.59. The predicted molar refractivity (Wildman–Crippen MR) is 147 cm³/mol. The second-order valence-electron chi connectivity index (χ2n) is 9.77. The van der Waals surface area contributed by atoms with E-state index in [4.69, 9.17) is 19.6 Å². The highest BCUT2D eigenvalue weighted by atomic mass is 79.9. The summed E-state index contributed by atoms with van der Waals surface area (Å²) in [6.07, 6.45) is 6.16. The molecule has 7 nitrogen and oxygen atoms in total. The van der Waals surface area contributed by atoms with E-state index >= 15 is 0 Å². The lowest BCUT2D eigenvalue weighted by atomic mass is 9.82. The molecular weight excluding hydrogens is 536 g/mol. The number of halogens is 1. The van der Waals surface area contributed by atoms with E-state index in [1.165, 1.54) is 0 Å². The summed E-state index contributed by atoms with van der Waals surface area (Å²) in [5.41, 5.74) is -0.665. The lowest BCUT2D eigenvalue weighted by Crippen LogP contribution is -2.53. The predicted octanol–water partition coefficient (Wildman–Crippen LogP) is 4.85. The summed E-state index contributed by atoms with van der Waals surface area (Å²) in [4.78, 5) is 18.8. The van der Waals surface area contributed by atoms with Gasteiger partial charge in [-0.1, -0.05) is 59.5 Å². The summed E-state index contributed by atoms with van der Waals surface area (Å²) in [7, 11) is 0. The molecule has 0 radical (unpaired) electrons. The van der Waals surface area contributed by atoms with Gasteiger partial charge in [0.25, 0.3) is 5.91 Å². The van der Waals surface area contributed by atoms with Gasteiger partial charge in [-0.2, -0.15) is 0 Å². The first-order valence-corrected chi connectivity index (χ1v) is 13.7. The number of hydrogen-bond acceptors (Lipinski definition) is 6. The van der Waals surface area contributed by atoms with Crippen LogP contribution in [0.2, 0.25) is 0 Å². The van der Waals surface area contributed by atoms with Crippen molar-refractivity contribution in [2.45, 2.75) is 62.2 Å². The molecule has 0 saturated heterocycles. The Kier molecular flexibility index (Phi) is 9.05. The van der Waals surface area contributed by atoms with Crippen LogP contribution in [0, 0.1) is 0 Å². The Bertz CT molecular complexity index is 1110. The Hall–Kier alpha value is -2.68. The van der Waals surface area contributed by atoms with Gasteiger partial charge in [-0.15, -0.1) is 6.58 Å². The van der Waals surface area contributed by atoms with Crippen molar-refractivity contribution in [3.05, 3.63) is 76.8 Å². The molecule has 3 N–H and O–H groups in total. The minimum atomic E-state index is -1.29. The summed E-state index contributed by atoms with van der Waals surface area (Å²) in [5.74, 6) is 0.733. The number of aliphatic hydroxyl groups is 2. The van der Waals surface area contributed by atoms with E-state index in [0.29, 0.717) is 37.5 Å². The quantitative estimate of drug-likeness (QED) is 0.265. The first-order valence-electron chi connectivity index (χ1n) is 12.9. The van der Waals surface area contributed by atoms with Crippen molar-refractivity contribution in [1.29, 1.82) is 0 Å². The summed E-state index contributed by atoms with van der Waals surface area (Å²) in [5, 5.41) is 23.0. The van der Waals surface area contributed by atoms with E-state index in [0.717, 1.165) is 34.9 Å². The number of rotatable bonds is 11. The molecule has 37 heavy (non-hydrogen) atoms. The van der Waals surface area contributed by atoms with E-state index in [1.54, 1.807) is 6.08 Å². The van der Waals surface area contributed by atoms with Gasteiger partial charge >= 0.3 is 0 Å². The molecule has 0 aromatic heterocycles. The van der Waals surface area contributed by atoms with Gasteiger partial charge in [0.2, 0.25) is 5.90 Å². The largest absolute Gasteiger partial charge is 0.494 e. The maximum Gasteiger partial charge on any atom is 0.252 e. The van der Waals surface area contributed by atoms with Crippen molar-refractivity contribution >= 4 is 27.7 Å². The Morgan fingerprint density at radius 3 is 2.59 bits per heavy atom. The van der Waals surface area contributed by atoms with Crippen molar-refractivity contribution < 1.29 is 24.5 Å². The van der Waals surface area contributed by atoms with Crippen LogP contribution in [0.25, 0.3) is 0 Å². The second-order valence-corrected chi connectivity index (χ2v) is 10.6. The first kappa shape index (κ1) is 27.4. The molecule has 2 aromatic rings. The summed E-state index contributed by atoms with van der Waals surface area (Å²) in [6, 6.07) is 15.0. The number of carbonyl (C=O) groups excluding carboxylic acids is 1. The minimum Gasteiger partial charge on any atom is -0.494 e. The molecule has 1 fully saturated rings. The van der Waals surface area contributed by atoms with Crippen LogP contribution in [0.5, 0.6) is 5.75 Å². The molecule has 0 unspecified atom stereocenters. The number of amides is 1. The number of aliphatic hydroxyl groups excluding tert-OH is 1. The third kappa shape index (κ3) is 6.25. The lowest BCUT2D eigenvalue weighted by Gasteiger charge is -2.35. The van der Waals surface area contributed by atoms with Gasteiger partial charge in [0.1, 0.15) is 5.75 Å². The van der Waals surface area contributed by atoms with Crippen LogP contribution in [-0.2, 0) is 9.53 Å². The van der Waals surface area contributed by atoms with Gasteiger partial charge in [-0.3, -0.25) is 4.79 Å². The molecule has 8 heteroatoms. The zero-order valence-electron chi connectivity index (χ0n) is 21.0. The monoisotopic (exact) mass is 570 g/mol. The van der Waals surface area contributed by atoms with Gasteiger partial charge in [-0.05, 0) is 43.2 Å². The smallest absolute Gasteiger partial charge is 0.252 e. The van der Waals surface area contributed by atoms with Crippen molar-refractivity contribution in [3.8, 4) is 5.75 Å². The zero-order chi connectivity index (χ0) is 26.3. The summed E-state index contributed by atoms with van der Waals surface area (Å²) < 4.78 is 12.9. The zero-order valence-corrected chi connectivity index (χ0v) is 22.6. The topological polar surface area (TPSA) is 100 Å². The number of carbonyl (C=O) groups is 1. The molecule has 0 bridgehead atoms. The maximum absolute atomic E-state index is 13.9. The molecule has 198 valence electrons. The van der Waals surface area contributed by atoms with Gasteiger partial charge in [0, 0.05) is 41.6 Å². The van der Waals surface area contributed by atoms with Crippen molar-refractivity contribution in [2.24, 2.45) is 4.99 Å². The third-order valence-electron chi connectivity index (χ3n) is 7.04. The highest BCUT2D eigenvalue weighted by Gasteiger charge is 2.53. The van der Waals surface area contributed by atoms with Crippen LogP contribution in [-0.4, -0.2) is 52.9 Å².